The molecule has 3 rings (SSSR count). The minimum absolute atomic E-state index is 0.829. The van der Waals surface area contributed by atoms with Crippen LogP contribution in [0.3, 0.4) is 0 Å². The van der Waals surface area contributed by atoms with Gasteiger partial charge in [0.2, 0.25) is 0 Å². The summed E-state index contributed by atoms with van der Waals surface area (Å²) in [6, 6.07) is 11.9. The summed E-state index contributed by atoms with van der Waals surface area (Å²) in [4.78, 5) is 4.49. The fourth-order valence-corrected chi connectivity index (χ4v) is 2.21. The molecule has 19 heavy (non-hydrogen) atoms. The molecule has 0 atom stereocenters. The third-order valence-electron chi connectivity index (χ3n) is 3.10. The van der Waals surface area contributed by atoms with Crippen molar-refractivity contribution in [3.05, 3.63) is 47.8 Å². The van der Waals surface area contributed by atoms with E-state index in [1.807, 2.05) is 54.8 Å². The molecule has 4 heteroatoms. The van der Waals surface area contributed by atoms with Crippen LogP contribution in [0.25, 0.3) is 16.9 Å². The zero-order valence-electron chi connectivity index (χ0n) is 11.2. The van der Waals surface area contributed by atoms with E-state index in [1.165, 1.54) is 0 Å². The monoisotopic (exact) mass is 253 g/mol. The SMILES string of the molecule is COc1cccc(-c2cc3nc(C)cc(C)n3n2)c1. The van der Waals surface area contributed by atoms with Crippen molar-refractivity contribution < 1.29 is 4.74 Å². The first-order chi connectivity index (χ1) is 9.17. The van der Waals surface area contributed by atoms with Crippen LogP contribution in [-0.2, 0) is 0 Å². The van der Waals surface area contributed by atoms with Crippen LogP contribution in [0.4, 0.5) is 0 Å². The molecule has 2 heterocycles. The molecule has 0 spiro atoms. The number of fused-ring (bicyclic) bond motifs is 1. The van der Waals surface area contributed by atoms with E-state index >= 15 is 0 Å². The Morgan fingerprint density at radius 2 is 1.95 bits per heavy atom. The molecule has 1 aromatic carbocycles. The van der Waals surface area contributed by atoms with E-state index in [9.17, 15) is 0 Å². The molecule has 0 fully saturated rings. The highest BCUT2D eigenvalue weighted by molar-refractivity contribution is 5.65. The molecule has 4 nitrogen and oxygen atoms in total. The van der Waals surface area contributed by atoms with E-state index < -0.39 is 0 Å². The van der Waals surface area contributed by atoms with Gasteiger partial charge >= 0.3 is 0 Å². The van der Waals surface area contributed by atoms with E-state index in [2.05, 4.69) is 10.1 Å². The first kappa shape index (κ1) is 11.7. The number of ether oxygens (including phenoxy) is 1. The van der Waals surface area contributed by atoms with Gasteiger partial charge in [-0.3, -0.25) is 0 Å². The third kappa shape index (κ3) is 2.05. The molecule has 3 aromatic rings. The number of rotatable bonds is 2. The van der Waals surface area contributed by atoms with Gasteiger partial charge in [-0.2, -0.15) is 5.10 Å². The summed E-state index contributed by atoms with van der Waals surface area (Å²) >= 11 is 0. The van der Waals surface area contributed by atoms with Crippen LogP contribution in [0.15, 0.2) is 36.4 Å². The Hall–Kier alpha value is -2.36. The van der Waals surface area contributed by atoms with E-state index in [0.29, 0.717) is 0 Å². The summed E-state index contributed by atoms with van der Waals surface area (Å²) < 4.78 is 7.11. The van der Waals surface area contributed by atoms with Gasteiger partial charge in [0.1, 0.15) is 5.75 Å². The number of nitrogens with zero attached hydrogens (tertiary/aromatic N) is 3. The van der Waals surface area contributed by atoms with E-state index in [1.54, 1.807) is 7.11 Å². The molecule has 0 bridgehead atoms. The van der Waals surface area contributed by atoms with Gasteiger partial charge < -0.3 is 4.74 Å². The van der Waals surface area contributed by atoms with Crippen molar-refractivity contribution in [1.82, 2.24) is 14.6 Å². The Balaban J connectivity index is 2.17. The van der Waals surface area contributed by atoms with Crippen LogP contribution in [0, 0.1) is 13.8 Å². The summed E-state index contributed by atoms with van der Waals surface area (Å²) in [6.07, 6.45) is 0. The summed E-state index contributed by atoms with van der Waals surface area (Å²) in [6.45, 7) is 4.02. The van der Waals surface area contributed by atoms with Crippen molar-refractivity contribution in [2.45, 2.75) is 13.8 Å². The fraction of sp³-hybridized carbons (Fsp3) is 0.200. The minimum Gasteiger partial charge on any atom is -0.497 e. The van der Waals surface area contributed by atoms with Crippen LogP contribution in [0.5, 0.6) is 5.75 Å². The maximum absolute atomic E-state index is 5.24. The second-order valence-electron chi connectivity index (χ2n) is 4.57. The van der Waals surface area contributed by atoms with Crippen LogP contribution in [0.1, 0.15) is 11.4 Å². The van der Waals surface area contributed by atoms with Crippen molar-refractivity contribution in [2.24, 2.45) is 0 Å². The number of benzene rings is 1. The Labute approximate surface area is 111 Å². The van der Waals surface area contributed by atoms with E-state index in [-0.39, 0.29) is 0 Å². The van der Waals surface area contributed by atoms with Gasteiger partial charge in [0.05, 0.1) is 12.8 Å². The van der Waals surface area contributed by atoms with E-state index in [4.69, 9.17) is 4.74 Å². The lowest BCUT2D eigenvalue weighted by molar-refractivity contribution is 0.415. The fourth-order valence-electron chi connectivity index (χ4n) is 2.21. The van der Waals surface area contributed by atoms with Crippen molar-refractivity contribution in [3.8, 4) is 17.0 Å². The van der Waals surface area contributed by atoms with Crippen LogP contribution in [0.2, 0.25) is 0 Å². The van der Waals surface area contributed by atoms with Crippen LogP contribution < -0.4 is 4.74 Å². The number of hydrogen-bond donors (Lipinski definition) is 0. The van der Waals surface area contributed by atoms with Gasteiger partial charge in [-0.25, -0.2) is 9.50 Å². The second-order valence-corrected chi connectivity index (χ2v) is 4.57. The largest absolute Gasteiger partial charge is 0.497 e. The summed E-state index contributed by atoms with van der Waals surface area (Å²) in [5.74, 6) is 0.829. The normalized spacial score (nSPS) is 10.9. The van der Waals surface area contributed by atoms with Gasteiger partial charge in [0, 0.05) is 23.0 Å². The lowest BCUT2D eigenvalue weighted by atomic mass is 10.1. The standard InChI is InChI=1S/C15H15N3O/c1-10-7-11(2)18-15(16-10)9-14(17-18)12-5-4-6-13(8-12)19-3/h4-9H,1-3H3. The Morgan fingerprint density at radius 1 is 1.11 bits per heavy atom. The smallest absolute Gasteiger partial charge is 0.156 e. The van der Waals surface area contributed by atoms with E-state index in [0.717, 1.165) is 34.0 Å². The summed E-state index contributed by atoms with van der Waals surface area (Å²) in [5.41, 5.74) is 4.89. The molecule has 96 valence electrons. The molecule has 0 radical (unpaired) electrons. The minimum atomic E-state index is 0.829. The molecule has 0 N–H and O–H groups in total. The quantitative estimate of drug-likeness (QED) is 0.704. The van der Waals surface area contributed by atoms with Crippen molar-refractivity contribution in [1.29, 1.82) is 0 Å². The number of aryl methyl sites for hydroxylation is 2. The average Bonchev–Trinajstić information content (AvgIpc) is 2.83. The molecule has 0 saturated heterocycles. The van der Waals surface area contributed by atoms with Crippen molar-refractivity contribution in [3.63, 3.8) is 0 Å². The average molecular weight is 253 g/mol. The lowest BCUT2D eigenvalue weighted by Crippen LogP contribution is -1.96. The second kappa shape index (κ2) is 4.39. The summed E-state index contributed by atoms with van der Waals surface area (Å²) in [5, 5.41) is 4.60. The summed E-state index contributed by atoms with van der Waals surface area (Å²) in [7, 11) is 1.66. The van der Waals surface area contributed by atoms with Gasteiger partial charge in [-0.15, -0.1) is 0 Å². The van der Waals surface area contributed by atoms with Gasteiger partial charge in [-0.05, 0) is 32.0 Å². The predicted octanol–water partition coefficient (Wildman–Crippen LogP) is 3.02. The van der Waals surface area contributed by atoms with Crippen molar-refractivity contribution >= 4 is 5.65 Å². The van der Waals surface area contributed by atoms with Gasteiger partial charge in [-0.1, -0.05) is 12.1 Å². The number of hydrogen-bond acceptors (Lipinski definition) is 3. The molecule has 2 aromatic heterocycles. The molecular weight excluding hydrogens is 238 g/mol. The zero-order chi connectivity index (χ0) is 13.4. The molecule has 0 unspecified atom stereocenters. The Bertz CT molecular complexity index is 746. The highest BCUT2D eigenvalue weighted by Crippen LogP contribution is 2.23. The van der Waals surface area contributed by atoms with Crippen LogP contribution in [-0.4, -0.2) is 21.7 Å². The number of methoxy groups -OCH3 is 1. The van der Waals surface area contributed by atoms with Crippen molar-refractivity contribution in [2.75, 3.05) is 7.11 Å². The Morgan fingerprint density at radius 3 is 2.74 bits per heavy atom. The highest BCUT2D eigenvalue weighted by atomic mass is 16.5. The molecule has 0 amide bonds. The maximum Gasteiger partial charge on any atom is 0.156 e. The highest BCUT2D eigenvalue weighted by Gasteiger charge is 2.08. The van der Waals surface area contributed by atoms with Gasteiger partial charge in [0.25, 0.3) is 0 Å². The third-order valence-corrected chi connectivity index (χ3v) is 3.10. The molecule has 0 aliphatic carbocycles. The molecule has 0 aliphatic rings. The Kier molecular flexibility index (Phi) is 2.71. The number of aromatic nitrogens is 3. The first-order valence-electron chi connectivity index (χ1n) is 6.16. The van der Waals surface area contributed by atoms with Crippen LogP contribution >= 0.6 is 0 Å². The lowest BCUT2D eigenvalue weighted by Gasteiger charge is -2.01. The molecular formula is C15H15N3O. The van der Waals surface area contributed by atoms with Gasteiger partial charge in [0.15, 0.2) is 5.65 Å². The molecule has 0 saturated carbocycles. The topological polar surface area (TPSA) is 39.4 Å². The maximum atomic E-state index is 5.24. The molecule has 0 aliphatic heterocycles. The predicted molar refractivity (Wildman–Crippen MR) is 74.4 cm³/mol. The zero-order valence-corrected chi connectivity index (χ0v) is 11.2. The first-order valence-corrected chi connectivity index (χ1v) is 6.16.